The molecule has 2 rings (SSSR count). The van der Waals surface area contributed by atoms with Crippen LogP contribution in [0.3, 0.4) is 0 Å². The van der Waals surface area contributed by atoms with Crippen molar-refractivity contribution in [3.63, 3.8) is 0 Å². The van der Waals surface area contributed by atoms with E-state index < -0.39 is 0 Å². The third-order valence-electron chi connectivity index (χ3n) is 4.52. The zero-order valence-corrected chi connectivity index (χ0v) is 13.7. The van der Waals surface area contributed by atoms with Crippen LogP contribution in [0, 0.1) is 0 Å². The lowest BCUT2D eigenvalue weighted by Gasteiger charge is -2.19. The van der Waals surface area contributed by atoms with Gasteiger partial charge in [-0.2, -0.15) is 0 Å². The summed E-state index contributed by atoms with van der Waals surface area (Å²) in [5.74, 6) is 0. The van der Waals surface area contributed by atoms with Gasteiger partial charge in [0.15, 0.2) is 0 Å². The van der Waals surface area contributed by atoms with E-state index in [-0.39, 0.29) is 0 Å². The largest absolute Gasteiger partial charge is 0.317 e. The maximum atomic E-state index is 3.48. The Kier molecular flexibility index (Phi) is 7.83. The molecule has 1 aliphatic rings. The number of hydrogen-bond donors (Lipinski definition) is 1. The number of nitrogens with zero attached hydrogens (tertiary/aromatic N) is 1. The topological polar surface area (TPSA) is 15.3 Å². The quantitative estimate of drug-likeness (QED) is 0.698. The molecule has 0 bridgehead atoms. The van der Waals surface area contributed by atoms with Gasteiger partial charge in [-0.25, -0.2) is 0 Å². The molecule has 0 saturated carbocycles. The molecule has 2 nitrogen and oxygen atoms in total. The summed E-state index contributed by atoms with van der Waals surface area (Å²) in [5.41, 5.74) is 3.14. The van der Waals surface area contributed by atoms with Crippen LogP contribution in [-0.4, -0.2) is 37.6 Å². The van der Waals surface area contributed by atoms with E-state index in [1.165, 1.54) is 77.7 Å². The summed E-state index contributed by atoms with van der Waals surface area (Å²) in [4.78, 5) is 2.66. The van der Waals surface area contributed by atoms with E-state index in [4.69, 9.17) is 0 Å². The summed E-state index contributed by atoms with van der Waals surface area (Å²) in [6.45, 7) is 8.38. The molecule has 0 unspecified atom stereocenters. The summed E-state index contributed by atoms with van der Waals surface area (Å²) in [6.07, 6.45) is 9.18. The Labute approximate surface area is 130 Å². The molecule has 2 heteroatoms. The van der Waals surface area contributed by atoms with Gasteiger partial charge < -0.3 is 10.2 Å². The number of hydrogen-bond acceptors (Lipinski definition) is 2. The molecule has 118 valence electrons. The molecule has 1 aliphatic heterocycles. The first-order chi connectivity index (χ1) is 10.4. The highest BCUT2D eigenvalue weighted by Gasteiger charge is 2.12. The number of fused-ring (bicyclic) bond motifs is 1. The third-order valence-corrected chi connectivity index (χ3v) is 4.52. The second kappa shape index (κ2) is 9.97. The molecule has 1 aromatic carbocycles. The number of rotatable bonds is 9. The van der Waals surface area contributed by atoms with E-state index in [9.17, 15) is 0 Å². The highest BCUT2D eigenvalue weighted by molar-refractivity contribution is 5.28. The fourth-order valence-electron chi connectivity index (χ4n) is 3.18. The van der Waals surface area contributed by atoms with Gasteiger partial charge in [-0.1, -0.05) is 44.0 Å². The molecule has 0 atom stereocenters. The summed E-state index contributed by atoms with van der Waals surface area (Å²) >= 11 is 0. The predicted octanol–water partition coefficient (Wildman–Crippen LogP) is 3.65. The fraction of sp³-hybridized carbons (Fsp3) is 0.684. The monoisotopic (exact) mass is 288 g/mol. The zero-order chi connectivity index (χ0) is 14.8. The Morgan fingerprint density at radius 1 is 0.905 bits per heavy atom. The van der Waals surface area contributed by atoms with Crippen LogP contribution < -0.4 is 5.32 Å². The van der Waals surface area contributed by atoms with Crippen molar-refractivity contribution in [2.75, 3.05) is 32.7 Å². The summed E-state index contributed by atoms with van der Waals surface area (Å²) in [7, 11) is 0. The third kappa shape index (κ3) is 6.19. The highest BCUT2D eigenvalue weighted by atomic mass is 15.1. The fourth-order valence-corrected chi connectivity index (χ4v) is 3.18. The van der Waals surface area contributed by atoms with E-state index in [1.54, 1.807) is 11.1 Å². The van der Waals surface area contributed by atoms with Crippen LogP contribution in [0.4, 0.5) is 0 Å². The smallest absolute Gasteiger partial charge is 0.00221 e. The summed E-state index contributed by atoms with van der Waals surface area (Å²) in [5, 5.41) is 3.48. The lowest BCUT2D eigenvalue weighted by Crippen LogP contribution is -2.27. The van der Waals surface area contributed by atoms with Crippen molar-refractivity contribution in [1.82, 2.24) is 10.2 Å². The Bertz CT molecular complexity index is 362. The number of benzene rings is 1. The SMILES string of the molecule is CCCNCCCCCCN1CCc2ccccc2CC1. The first kappa shape index (κ1) is 16.5. The number of nitrogens with one attached hydrogen (secondary N) is 1. The highest BCUT2D eigenvalue weighted by Crippen LogP contribution is 2.15. The first-order valence-corrected chi connectivity index (χ1v) is 8.90. The first-order valence-electron chi connectivity index (χ1n) is 8.90. The maximum Gasteiger partial charge on any atom is 0.00221 e. The minimum Gasteiger partial charge on any atom is -0.317 e. The van der Waals surface area contributed by atoms with Gasteiger partial charge in [0.25, 0.3) is 0 Å². The van der Waals surface area contributed by atoms with Gasteiger partial charge in [0.05, 0.1) is 0 Å². The van der Waals surface area contributed by atoms with Gasteiger partial charge in [0, 0.05) is 13.1 Å². The van der Waals surface area contributed by atoms with E-state index in [2.05, 4.69) is 41.4 Å². The molecule has 0 fully saturated rings. The minimum atomic E-state index is 1.17. The van der Waals surface area contributed by atoms with Crippen LogP contribution in [0.25, 0.3) is 0 Å². The van der Waals surface area contributed by atoms with Gasteiger partial charge >= 0.3 is 0 Å². The second-order valence-corrected chi connectivity index (χ2v) is 6.27. The van der Waals surface area contributed by atoms with Crippen LogP contribution >= 0.6 is 0 Å². The Morgan fingerprint density at radius 2 is 1.57 bits per heavy atom. The molecular formula is C19H32N2. The van der Waals surface area contributed by atoms with Gasteiger partial charge in [0.1, 0.15) is 0 Å². The lowest BCUT2D eigenvalue weighted by atomic mass is 10.0. The van der Waals surface area contributed by atoms with Crippen molar-refractivity contribution >= 4 is 0 Å². The van der Waals surface area contributed by atoms with Crippen LogP contribution in [0.1, 0.15) is 50.2 Å². The Morgan fingerprint density at radius 3 is 2.24 bits per heavy atom. The van der Waals surface area contributed by atoms with Gasteiger partial charge in [0.2, 0.25) is 0 Å². The van der Waals surface area contributed by atoms with Crippen molar-refractivity contribution in [3.05, 3.63) is 35.4 Å². The van der Waals surface area contributed by atoms with Crippen molar-refractivity contribution in [3.8, 4) is 0 Å². The molecular weight excluding hydrogens is 256 g/mol. The molecule has 0 radical (unpaired) electrons. The van der Waals surface area contributed by atoms with Crippen LogP contribution in [0.2, 0.25) is 0 Å². The van der Waals surface area contributed by atoms with Gasteiger partial charge in [-0.15, -0.1) is 0 Å². The molecule has 0 aliphatic carbocycles. The molecule has 0 aromatic heterocycles. The average Bonchev–Trinajstić information content (AvgIpc) is 2.73. The van der Waals surface area contributed by atoms with Gasteiger partial charge in [-0.05, 0) is 62.9 Å². The molecule has 0 saturated heterocycles. The van der Waals surface area contributed by atoms with Crippen molar-refractivity contribution in [1.29, 1.82) is 0 Å². The van der Waals surface area contributed by atoms with Crippen LogP contribution in [0.15, 0.2) is 24.3 Å². The molecule has 0 spiro atoms. The Hall–Kier alpha value is -0.860. The maximum absolute atomic E-state index is 3.48. The molecule has 1 N–H and O–H groups in total. The van der Waals surface area contributed by atoms with E-state index >= 15 is 0 Å². The van der Waals surface area contributed by atoms with E-state index in [0.29, 0.717) is 0 Å². The van der Waals surface area contributed by atoms with Crippen LogP contribution in [0.5, 0.6) is 0 Å². The van der Waals surface area contributed by atoms with E-state index in [1.807, 2.05) is 0 Å². The standard InChI is InChI=1S/C19H32N2/c1-2-13-20-14-7-3-4-8-15-21-16-11-18-9-5-6-10-19(18)12-17-21/h5-6,9-10,20H,2-4,7-8,11-17H2,1H3. The normalized spacial score (nSPS) is 15.7. The molecule has 1 aromatic rings. The van der Waals surface area contributed by atoms with Crippen LogP contribution in [-0.2, 0) is 12.8 Å². The number of unbranched alkanes of at least 4 members (excludes halogenated alkanes) is 3. The average molecular weight is 288 g/mol. The van der Waals surface area contributed by atoms with Crippen molar-refractivity contribution < 1.29 is 0 Å². The van der Waals surface area contributed by atoms with Gasteiger partial charge in [-0.3, -0.25) is 0 Å². The zero-order valence-electron chi connectivity index (χ0n) is 13.7. The molecule has 1 heterocycles. The second-order valence-electron chi connectivity index (χ2n) is 6.27. The summed E-state index contributed by atoms with van der Waals surface area (Å²) < 4.78 is 0. The predicted molar refractivity (Wildman–Crippen MR) is 91.9 cm³/mol. The van der Waals surface area contributed by atoms with Crippen molar-refractivity contribution in [2.45, 2.75) is 51.9 Å². The lowest BCUT2D eigenvalue weighted by molar-refractivity contribution is 0.280. The molecule has 21 heavy (non-hydrogen) atoms. The van der Waals surface area contributed by atoms with E-state index in [0.717, 1.165) is 0 Å². The Balaban J connectivity index is 1.54. The minimum absolute atomic E-state index is 1.17. The summed E-state index contributed by atoms with van der Waals surface area (Å²) in [6, 6.07) is 8.98. The molecule has 0 amide bonds. The van der Waals surface area contributed by atoms with Crippen molar-refractivity contribution in [2.24, 2.45) is 0 Å².